The second-order valence-electron chi connectivity index (χ2n) is 4.83. The smallest absolute Gasteiger partial charge is 0.329 e. The number of hydrogen-bond donors (Lipinski definition) is 0. The van der Waals surface area contributed by atoms with Crippen LogP contribution < -0.4 is 0 Å². The summed E-state index contributed by atoms with van der Waals surface area (Å²) in [5.41, 5.74) is -0.796. The Labute approximate surface area is 130 Å². The number of benzene rings is 1. The molecule has 6 nitrogen and oxygen atoms in total. The topological polar surface area (TPSA) is 68.5 Å². The lowest BCUT2D eigenvalue weighted by molar-refractivity contribution is -0.164. The average molecular weight is 349 g/mol. The summed E-state index contributed by atoms with van der Waals surface area (Å²) >= 11 is 0. The highest BCUT2D eigenvalue weighted by Crippen LogP contribution is 2.31. The van der Waals surface area contributed by atoms with Gasteiger partial charge in [0, 0.05) is 5.56 Å². The van der Waals surface area contributed by atoms with Crippen molar-refractivity contribution in [2.75, 3.05) is 6.61 Å². The average Bonchev–Trinajstić information content (AvgIpc) is 3.14. The molecule has 3 rings (SSSR count). The Balaban J connectivity index is 1.90. The van der Waals surface area contributed by atoms with Crippen LogP contribution in [-0.2, 0) is 22.4 Å². The van der Waals surface area contributed by atoms with Crippen molar-refractivity contribution in [3.63, 3.8) is 0 Å². The second kappa shape index (κ2) is 5.82. The van der Waals surface area contributed by atoms with Crippen molar-refractivity contribution < 1.29 is 36.1 Å². The molecule has 0 N–H and O–H groups in total. The number of carbonyl (C=O) groups excluding carboxylic acids is 1. The predicted molar refractivity (Wildman–Crippen MR) is 65.8 cm³/mol. The maximum Gasteiger partial charge on any atom is 0.471 e. The molecule has 0 aliphatic carbocycles. The van der Waals surface area contributed by atoms with Gasteiger partial charge < -0.3 is 4.52 Å². The number of nitrogens with zero attached hydrogens (tertiary/aromatic N) is 3. The molecular weight excluding hydrogens is 341 g/mol. The first-order chi connectivity index (χ1) is 11.3. The molecule has 128 valence electrons. The third-order valence-corrected chi connectivity index (χ3v) is 3.23. The molecule has 1 aromatic carbocycles. The lowest BCUT2D eigenvalue weighted by Crippen LogP contribution is -2.23. The van der Waals surface area contributed by atoms with Gasteiger partial charge in [-0.25, -0.2) is 13.8 Å². The van der Waals surface area contributed by atoms with E-state index in [0.717, 1.165) is 17.2 Å². The van der Waals surface area contributed by atoms with E-state index < -0.39 is 35.1 Å². The summed E-state index contributed by atoms with van der Waals surface area (Å²) in [6, 6.07) is 2.10. The van der Waals surface area contributed by atoms with Gasteiger partial charge in [0.1, 0.15) is 0 Å². The minimum atomic E-state index is -4.90. The van der Waals surface area contributed by atoms with E-state index in [0.29, 0.717) is 0 Å². The van der Waals surface area contributed by atoms with Crippen LogP contribution in [0.1, 0.15) is 17.9 Å². The van der Waals surface area contributed by atoms with Crippen molar-refractivity contribution >= 4 is 5.91 Å². The first-order valence-corrected chi connectivity index (χ1v) is 6.59. The molecule has 0 unspecified atom stereocenters. The highest BCUT2D eigenvalue weighted by Gasteiger charge is 2.39. The van der Waals surface area contributed by atoms with Crippen molar-refractivity contribution in [1.29, 1.82) is 0 Å². The third-order valence-electron chi connectivity index (χ3n) is 3.23. The molecular formula is C13H8F5N3O3. The maximum atomic E-state index is 14.1. The van der Waals surface area contributed by atoms with Gasteiger partial charge in [-0.1, -0.05) is 11.2 Å². The van der Waals surface area contributed by atoms with Crippen molar-refractivity contribution in [2.24, 2.45) is 0 Å². The second-order valence-corrected chi connectivity index (χ2v) is 4.83. The number of hydroxylamine groups is 2. The summed E-state index contributed by atoms with van der Waals surface area (Å²) in [5.74, 6) is -5.58. The number of halogens is 5. The number of carbonyl (C=O) groups is 1. The Morgan fingerprint density at radius 1 is 1.21 bits per heavy atom. The van der Waals surface area contributed by atoms with Crippen LogP contribution in [0.25, 0.3) is 11.4 Å². The van der Waals surface area contributed by atoms with Crippen molar-refractivity contribution in [3.05, 3.63) is 35.2 Å². The molecule has 0 atom stereocenters. The molecule has 0 spiro atoms. The fraction of sp³-hybridized carbons (Fsp3) is 0.308. The van der Waals surface area contributed by atoms with Gasteiger partial charge in [-0.15, -0.1) is 0 Å². The molecule has 1 aliphatic rings. The summed E-state index contributed by atoms with van der Waals surface area (Å²) in [6.07, 6.45) is -4.76. The minimum absolute atomic E-state index is 0.130. The molecule has 1 aliphatic heterocycles. The van der Waals surface area contributed by atoms with Crippen LogP contribution in [0.5, 0.6) is 0 Å². The van der Waals surface area contributed by atoms with Crippen molar-refractivity contribution in [3.8, 4) is 11.4 Å². The number of amides is 1. The van der Waals surface area contributed by atoms with E-state index in [9.17, 15) is 26.7 Å². The van der Waals surface area contributed by atoms with Gasteiger partial charge in [-0.3, -0.25) is 9.63 Å². The van der Waals surface area contributed by atoms with Gasteiger partial charge in [0.2, 0.25) is 11.7 Å². The van der Waals surface area contributed by atoms with Crippen LogP contribution in [-0.4, -0.2) is 27.7 Å². The third kappa shape index (κ3) is 2.94. The number of rotatable bonds is 3. The Kier molecular flexibility index (Phi) is 3.95. The summed E-state index contributed by atoms with van der Waals surface area (Å²) in [6.45, 7) is -0.188. The van der Waals surface area contributed by atoms with Crippen LogP contribution in [0, 0.1) is 11.6 Å². The zero-order valence-electron chi connectivity index (χ0n) is 11.7. The van der Waals surface area contributed by atoms with Crippen LogP contribution in [0.3, 0.4) is 0 Å². The fourth-order valence-electron chi connectivity index (χ4n) is 2.06. The zero-order valence-corrected chi connectivity index (χ0v) is 11.7. The molecule has 1 saturated heterocycles. The lowest BCUT2D eigenvalue weighted by Gasteiger charge is -2.15. The van der Waals surface area contributed by atoms with Crippen molar-refractivity contribution in [2.45, 2.75) is 19.1 Å². The summed E-state index contributed by atoms with van der Waals surface area (Å²) < 4.78 is 69.4. The highest BCUT2D eigenvalue weighted by atomic mass is 19.4. The van der Waals surface area contributed by atoms with E-state index in [1.54, 1.807) is 0 Å². The van der Waals surface area contributed by atoms with Crippen LogP contribution in [0.2, 0.25) is 0 Å². The monoisotopic (exact) mass is 349 g/mol. The van der Waals surface area contributed by atoms with E-state index in [-0.39, 0.29) is 31.0 Å². The normalized spacial score (nSPS) is 15.4. The molecule has 2 aromatic rings. The molecule has 0 saturated carbocycles. The molecule has 1 fully saturated rings. The van der Waals surface area contributed by atoms with Crippen molar-refractivity contribution in [1.82, 2.24) is 15.2 Å². The molecule has 0 bridgehead atoms. The molecule has 2 heterocycles. The fourth-order valence-corrected chi connectivity index (χ4v) is 2.06. The van der Waals surface area contributed by atoms with E-state index >= 15 is 0 Å². The quantitative estimate of drug-likeness (QED) is 0.797. The van der Waals surface area contributed by atoms with Crippen LogP contribution in [0.4, 0.5) is 22.0 Å². The van der Waals surface area contributed by atoms with Gasteiger partial charge in [-0.2, -0.15) is 18.2 Å². The first-order valence-electron chi connectivity index (χ1n) is 6.59. The van der Waals surface area contributed by atoms with E-state index in [2.05, 4.69) is 14.7 Å². The Bertz CT molecular complexity index is 790. The predicted octanol–water partition coefficient (Wildman–Crippen LogP) is 2.70. The van der Waals surface area contributed by atoms with Crippen LogP contribution >= 0.6 is 0 Å². The highest BCUT2D eigenvalue weighted by molar-refractivity contribution is 5.76. The molecule has 1 aromatic heterocycles. The Hall–Kier alpha value is -2.56. The van der Waals surface area contributed by atoms with Gasteiger partial charge in [0.15, 0.2) is 11.6 Å². The molecule has 24 heavy (non-hydrogen) atoms. The number of hydrogen-bond acceptors (Lipinski definition) is 5. The summed E-state index contributed by atoms with van der Waals surface area (Å²) in [7, 11) is 0. The maximum absolute atomic E-state index is 14.1. The molecule has 1 amide bonds. The van der Waals surface area contributed by atoms with E-state index in [4.69, 9.17) is 4.84 Å². The first kappa shape index (κ1) is 16.3. The van der Waals surface area contributed by atoms with E-state index in [1.807, 2.05) is 0 Å². The standard InChI is InChI=1S/C13H8F5N3O3/c14-9-6(5-21-8(22)3-4-23-21)1-2-7(10(9)15)11-19-12(24-20-11)13(16,17)18/h1-2H,3-5H2. The number of alkyl halides is 3. The van der Waals surface area contributed by atoms with Crippen LogP contribution in [0.15, 0.2) is 16.7 Å². The van der Waals surface area contributed by atoms with Gasteiger partial charge in [0.05, 0.1) is 25.1 Å². The summed E-state index contributed by atoms with van der Waals surface area (Å²) in [4.78, 5) is 19.4. The van der Waals surface area contributed by atoms with Gasteiger partial charge in [-0.05, 0) is 6.07 Å². The largest absolute Gasteiger partial charge is 0.471 e. The van der Waals surface area contributed by atoms with Gasteiger partial charge >= 0.3 is 12.1 Å². The molecule has 0 radical (unpaired) electrons. The molecule has 11 heteroatoms. The Morgan fingerprint density at radius 2 is 1.96 bits per heavy atom. The minimum Gasteiger partial charge on any atom is -0.329 e. The van der Waals surface area contributed by atoms with E-state index in [1.165, 1.54) is 0 Å². The van der Waals surface area contributed by atoms with Gasteiger partial charge in [0.25, 0.3) is 0 Å². The Morgan fingerprint density at radius 3 is 2.54 bits per heavy atom. The SMILES string of the molecule is O=C1CCON1Cc1ccc(-c2noc(C(F)(F)F)n2)c(F)c1F. The number of aromatic nitrogens is 2. The zero-order chi connectivity index (χ0) is 17.5. The lowest BCUT2D eigenvalue weighted by atomic mass is 10.1. The summed E-state index contributed by atoms with van der Waals surface area (Å²) in [5, 5.41) is 3.88.